The van der Waals surface area contributed by atoms with E-state index < -0.39 is 17.9 Å². The standard InChI is InChI=1S/C21H22N2O5/c1-13-8-9-17(26-2)15(10-13)23-21(25)20(24)22-12-19(27-3)18-11-14-6-4-5-7-16(14)28-18/h4-11,19H,12H2,1-3H3,(H,22,24)(H,23,25). The lowest BCUT2D eigenvalue weighted by molar-refractivity contribution is -0.136. The molecule has 0 bridgehead atoms. The second kappa shape index (κ2) is 8.58. The molecule has 3 aromatic rings. The van der Waals surface area contributed by atoms with Crippen LogP contribution in [0.15, 0.2) is 52.9 Å². The molecule has 1 atom stereocenters. The minimum Gasteiger partial charge on any atom is -0.495 e. The third-order valence-corrected chi connectivity index (χ3v) is 4.30. The van der Waals surface area contributed by atoms with Gasteiger partial charge < -0.3 is 24.5 Å². The normalized spacial score (nSPS) is 11.8. The van der Waals surface area contributed by atoms with E-state index in [0.29, 0.717) is 17.2 Å². The maximum atomic E-state index is 12.2. The van der Waals surface area contributed by atoms with Crippen LogP contribution in [0.1, 0.15) is 17.4 Å². The summed E-state index contributed by atoms with van der Waals surface area (Å²) in [4.78, 5) is 24.4. The van der Waals surface area contributed by atoms with E-state index >= 15 is 0 Å². The zero-order valence-electron chi connectivity index (χ0n) is 15.9. The number of para-hydroxylation sites is 1. The van der Waals surface area contributed by atoms with Crippen LogP contribution < -0.4 is 15.4 Å². The number of benzene rings is 2. The van der Waals surface area contributed by atoms with Crippen molar-refractivity contribution in [1.29, 1.82) is 0 Å². The molecule has 2 N–H and O–H groups in total. The van der Waals surface area contributed by atoms with Crippen LogP contribution >= 0.6 is 0 Å². The Bertz CT molecular complexity index is 962. The van der Waals surface area contributed by atoms with Gasteiger partial charge in [0.15, 0.2) is 0 Å². The number of furan rings is 1. The second-order valence-corrected chi connectivity index (χ2v) is 6.28. The molecule has 7 heteroatoms. The zero-order valence-corrected chi connectivity index (χ0v) is 15.9. The van der Waals surface area contributed by atoms with Crippen molar-refractivity contribution >= 4 is 28.5 Å². The molecule has 0 aliphatic carbocycles. The van der Waals surface area contributed by atoms with Gasteiger partial charge in [-0.05, 0) is 36.8 Å². The number of carbonyl (C=O) groups is 2. The van der Waals surface area contributed by atoms with Gasteiger partial charge in [-0.1, -0.05) is 24.3 Å². The second-order valence-electron chi connectivity index (χ2n) is 6.28. The third-order valence-electron chi connectivity index (χ3n) is 4.30. The maximum Gasteiger partial charge on any atom is 0.313 e. The SMILES string of the molecule is COc1ccc(C)cc1NC(=O)C(=O)NCC(OC)c1cc2ccccc2o1. The molecular formula is C21H22N2O5. The van der Waals surface area contributed by atoms with Crippen molar-refractivity contribution in [1.82, 2.24) is 5.32 Å². The Labute approximate surface area is 162 Å². The van der Waals surface area contributed by atoms with Crippen molar-refractivity contribution in [2.75, 3.05) is 26.1 Å². The summed E-state index contributed by atoms with van der Waals surface area (Å²) < 4.78 is 16.4. The number of nitrogens with one attached hydrogen (secondary N) is 2. The van der Waals surface area contributed by atoms with Crippen LogP contribution in [0.25, 0.3) is 11.0 Å². The minimum absolute atomic E-state index is 0.0908. The number of carbonyl (C=O) groups excluding carboxylic acids is 2. The number of fused-ring (bicyclic) bond motifs is 1. The number of aryl methyl sites for hydroxylation is 1. The Morgan fingerprint density at radius 3 is 2.57 bits per heavy atom. The smallest absolute Gasteiger partial charge is 0.313 e. The van der Waals surface area contributed by atoms with Crippen LogP contribution in [-0.4, -0.2) is 32.6 Å². The molecule has 1 heterocycles. The summed E-state index contributed by atoms with van der Waals surface area (Å²) in [5.41, 5.74) is 2.10. The fraction of sp³-hybridized carbons (Fsp3) is 0.238. The quantitative estimate of drug-likeness (QED) is 0.639. The number of hydrogen-bond donors (Lipinski definition) is 2. The van der Waals surface area contributed by atoms with Crippen molar-refractivity contribution < 1.29 is 23.5 Å². The van der Waals surface area contributed by atoms with Crippen molar-refractivity contribution in [2.45, 2.75) is 13.0 Å². The van der Waals surface area contributed by atoms with E-state index in [1.54, 1.807) is 12.1 Å². The first-order valence-corrected chi connectivity index (χ1v) is 8.77. The predicted molar refractivity (Wildman–Crippen MR) is 105 cm³/mol. The van der Waals surface area contributed by atoms with Gasteiger partial charge in [0.25, 0.3) is 0 Å². The molecule has 7 nitrogen and oxygen atoms in total. The van der Waals surface area contributed by atoms with E-state index in [0.717, 1.165) is 16.5 Å². The molecule has 2 aromatic carbocycles. The largest absolute Gasteiger partial charge is 0.495 e. The molecule has 0 aliphatic heterocycles. The van der Waals surface area contributed by atoms with Crippen LogP contribution in [-0.2, 0) is 14.3 Å². The summed E-state index contributed by atoms with van der Waals surface area (Å²) in [5.74, 6) is -0.515. The van der Waals surface area contributed by atoms with Gasteiger partial charge in [0, 0.05) is 12.5 Å². The molecule has 0 radical (unpaired) electrons. The van der Waals surface area contributed by atoms with Gasteiger partial charge in [-0.15, -0.1) is 0 Å². The Morgan fingerprint density at radius 1 is 1.07 bits per heavy atom. The molecular weight excluding hydrogens is 360 g/mol. The molecule has 0 aliphatic rings. The molecule has 0 fully saturated rings. The average molecular weight is 382 g/mol. The molecule has 28 heavy (non-hydrogen) atoms. The number of anilines is 1. The average Bonchev–Trinajstić information content (AvgIpc) is 3.12. The van der Waals surface area contributed by atoms with E-state index in [-0.39, 0.29) is 6.54 Å². The van der Waals surface area contributed by atoms with Crippen molar-refractivity contribution in [3.8, 4) is 5.75 Å². The summed E-state index contributed by atoms with van der Waals surface area (Å²) >= 11 is 0. The summed E-state index contributed by atoms with van der Waals surface area (Å²) in [6, 6.07) is 14.7. The number of hydrogen-bond acceptors (Lipinski definition) is 5. The highest BCUT2D eigenvalue weighted by molar-refractivity contribution is 6.39. The number of ether oxygens (including phenoxy) is 2. The molecule has 146 valence electrons. The number of rotatable bonds is 6. The highest BCUT2D eigenvalue weighted by Gasteiger charge is 2.20. The molecule has 1 aromatic heterocycles. The van der Waals surface area contributed by atoms with Gasteiger partial charge in [0.2, 0.25) is 0 Å². The number of amides is 2. The van der Waals surface area contributed by atoms with Gasteiger partial charge in [0.05, 0.1) is 19.3 Å². The first-order valence-electron chi connectivity index (χ1n) is 8.77. The monoisotopic (exact) mass is 382 g/mol. The first-order chi connectivity index (χ1) is 13.5. The van der Waals surface area contributed by atoms with E-state index in [1.165, 1.54) is 14.2 Å². The summed E-state index contributed by atoms with van der Waals surface area (Å²) in [7, 11) is 3.01. The zero-order chi connectivity index (χ0) is 20.1. The molecule has 0 saturated heterocycles. The van der Waals surface area contributed by atoms with Gasteiger partial charge >= 0.3 is 11.8 Å². The fourth-order valence-electron chi connectivity index (χ4n) is 2.83. The molecule has 3 rings (SSSR count). The Balaban J connectivity index is 1.63. The lowest BCUT2D eigenvalue weighted by Crippen LogP contribution is -2.38. The summed E-state index contributed by atoms with van der Waals surface area (Å²) in [6.45, 7) is 1.97. The molecule has 2 amide bonds. The lowest BCUT2D eigenvalue weighted by Gasteiger charge is -2.14. The van der Waals surface area contributed by atoms with Crippen molar-refractivity contribution in [3.05, 3.63) is 59.9 Å². The van der Waals surface area contributed by atoms with E-state index in [2.05, 4.69) is 10.6 Å². The highest BCUT2D eigenvalue weighted by Crippen LogP contribution is 2.26. The third kappa shape index (κ3) is 4.32. The topological polar surface area (TPSA) is 89.8 Å². The van der Waals surface area contributed by atoms with E-state index in [4.69, 9.17) is 13.9 Å². The van der Waals surface area contributed by atoms with Crippen LogP contribution in [0.3, 0.4) is 0 Å². The molecule has 0 saturated carbocycles. The van der Waals surface area contributed by atoms with E-state index in [9.17, 15) is 9.59 Å². The molecule has 0 spiro atoms. The van der Waals surface area contributed by atoms with Crippen molar-refractivity contribution in [3.63, 3.8) is 0 Å². The minimum atomic E-state index is -0.789. The van der Waals surface area contributed by atoms with Gasteiger partial charge in [0.1, 0.15) is 23.2 Å². The Kier molecular flexibility index (Phi) is 5.96. The van der Waals surface area contributed by atoms with Crippen molar-refractivity contribution in [2.24, 2.45) is 0 Å². The van der Waals surface area contributed by atoms with E-state index in [1.807, 2.05) is 43.3 Å². The van der Waals surface area contributed by atoms with Gasteiger partial charge in [-0.2, -0.15) is 0 Å². The van der Waals surface area contributed by atoms with Gasteiger partial charge in [-0.25, -0.2) is 0 Å². The lowest BCUT2D eigenvalue weighted by atomic mass is 10.2. The summed E-state index contributed by atoms with van der Waals surface area (Å²) in [6.07, 6.45) is -0.516. The Hall–Kier alpha value is -3.32. The van der Waals surface area contributed by atoms with Crippen LogP contribution in [0.4, 0.5) is 5.69 Å². The highest BCUT2D eigenvalue weighted by atomic mass is 16.5. The Morgan fingerprint density at radius 2 is 1.86 bits per heavy atom. The number of methoxy groups -OCH3 is 2. The summed E-state index contributed by atoms with van der Waals surface area (Å²) in [5, 5.41) is 6.08. The maximum absolute atomic E-state index is 12.2. The van der Waals surface area contributed by atoms with Gasteiger partial charge in [-0.3, -0.25) is 9.59 Å². The van der Waals surface area contributed by atoms with Crippen LogP contribution in [0.5, 0.6) is 5.75 Å². The van der Waals surface area contributed by atoms with Crippen LogP contribution in [0, 0.1) is 6.92 Å². The predicted octanol–water partition coefficient (Wildman–Crippen LogP) is 3.19. The molecule has 1 unspecified atom stereocenters. The fourth-order valence-corrected chi connectivity index (χ4v) is 2.83. The van der Waals surface area contributed by atoms with Crippen LogP contribution in [0.2, 0.25) is 0 Å². The first kappa shape index (κ1) is 19.4.